The summed E-state index contributed by atoms with van der Waals surface area (Å²) in [6.45, 7) is 0. The number of hydrogen-bond donors (Lipinski definition) is 1. The van der Waals surface area contributed by atoms with Gasteiger partial charge in [-0.25, -0.2) is 0 Å². The Labute approximate surface area is 129 Å². The highest BCUT2D eigenvalue weighted by atomic mass is 32.2. The number of para-hydroxylation sites is 1. The third kappa shape index (κ3) is 4.01. The monoisotopic (exact) mass is 345 g/mol. The molecule has 0 saturated carbocycles. The van der Waals surface area contributed by atoms with Crippen molar-refractivity contribution in [2.24, 2.45) is 0 Å². The molecule has 0 aromatic heterocycles. The minimum Gasteiger partial charge on any atom is -0.375 e. The van der Waals surface area contributed by atoms with Gasteiger partial charge in [0.25, 0.3) is 0 Å². The number of anilines is 2. The fourth-order valence-corrected chi connectivity index (χ4v) is 2.13. The second kappa shape index (κ2) is 6.29. The molecule has 0 bridgehead atoms. The van der Waals surface area contributed by atoms with E-state index in [1.165, 1.54) is 12.1 Å². The molecule has 0 radical (unpaired) electrons. The zero-order valence-electron chi connectivity index (χ0n) is 11.4. The van der Waals surface area contributed by atoms with E-state index in [4.69, 9.17) is 0 Å². The maximum atomic E-state index is 12.3. The molecule has 0 fully saturated rings. The summed E-state index contributed by atoms with van der Waals surface area (Å²) in [5.41, 5.74) is -4.84. The Hall–Kier alpha value is -2.55. The van der Waals surface area contributed by atoms with Gasteiger partial charge in [0.2, 0.25) is 0 Å². The van der Waals surface area contributed by atoms with Crippen molar-refractivity contribution in [3.63, 3.8) is 0 Å². The van der Waals surface area contributed by atoms with Crippen molar-refractivity contribution in [2.45, 2.75) is 5.51 Å². The largest absolute Gasteiger partial charge is 0.534 e. The Morgan fingerprint density at radius 3 is 2.22 bits per heavy atom. The van der Waals surface area contributed by atoms with E-state index < -0.39 is 21.4 Å². The van der Waals surface area contributed by atoms with Gasteiger partial charge < -0.3 is 9.50 Å². The second-order valence-electron chi connectivity index (χ2n) is 4.34. The topological polar surface area (TPSA) is 72.5 Å². The van der Waals surface area contributed by atoms with E-state index in [0.29, 0.717) is 11.4 Å². The lowest BCUT2D eigenvalue weighted by molar-refractivity contribution is -0.0500. The summed E-state index contributed by atoms with van der Waals surface area (Å²) in [4.78, 5) is 11.0. The molecule has 0 unspecified atom stereocenters. The summed E-state index contributed by atoms with van der Waals surface area (Å²) >= 11 is 0. The Kier molecular flexibility index (Phi) is 4.60. The highest BCUT2D eigenvalue weighted by Crippen LogP contribution is 2.30. The third-order valence-electron chi connectivity index (χ3n) is 2.68. The van der Waals surface area contributed by atoms with Crippen LogP contribution in [0.15, 0.2) is 48.5 Å². The highest BCUT2D eigenvalue weighted by Gasteiger charge is 2.48. The van der Waals surface area contributed by atoms with Gasteiger partial charge in [0.1, 0.15) is 0 Å². The van der Waals surface area contributed by atoms with Crippen LogP contribution >= 0.6 is 0 Å². The fourth-order valence-electron chi connectivity index (χ4n) is 1.65. The van der Waals surface area contributed by atoms with Gasteiger partial charge in [-0.3, -0.25) is 4.79 Å². The molecule has 0 atom stereocenters. The molecular weight excluding hydrogens is 335 g/mol. The summed E-state index contributed by atoms with van der Waals surface area (Å²) in [5.74, 6) is -0.698. The van der Waals surface area contributed by atoms with E-state index in [1.54, 1.807) is 30.3 Å². The lowest BCUT2D eigenvalue weighted by Crippen LogP contribution is -2.28. The predicted molar refractivity (Wildman–Crippen MR) is 77.2 cm³/mol. The minimum absolute atomic E-state index is 0.206. The van der Waals surface area contributed by atoms with Crippen molar-refractivity contribution in [2.75, 3.05) is 5.32 Å². The molecule has 0 aliphatic heterocycles. The van der Waals surface area contributed by atoms with Gasteiger partial charge in [0, 0.05) is 11.4 Å². The lowest BCUT2D eigenvalue weighted by atomic mass is 10.2. The standard InChI is InChI=1S/C14H10F3NO4S/c15-14(16,17)23(20,21)22-13-7-6-12(8-10(13)9-19)18-11-4-2-1-3-5-11/h1-9,18H. The summed E-state index contributed by atoms with van der Waals surface area (Å²) < 4.78 is 62.9. The van der Waals surface area contributed by atoms with Crippen LogP contribution < -0.4 is 9.50 Å². The number of carbonyl (C=O) groups excluding carboxylic acids is 1. The molecule has 0 aliphatic carbocycles. The normalized spacial score (nSPS) is 11.8. The Bertz CT molecular complexity index is 805. The van der Waals surface area contributed by atoms with E-state index in [2.05, 4.69) is 9.50 Å². The number of carbonyl (C=O) groups is 1. The van der Waals surface area contributed by atoms with Crippen LogP contribution in [0.5, 0.6) is 5.75 Å². The van der Waals surface area contributed by atoms with Crippen molar-refractivity contribution in [1.29, 1.82) is 0 Å². The SMILES string of the molecule is O=Cc1cc(Nc2ccccc2)ccc1OS(=O)(=O)C(F)(F)F. The molecule has 23 heavy (non-hydrogen) atoms. The zero-order chi connectivity index (χ0) is 17.1. The molecule has 0 heterocycles. The quantitative estimate of drug-likeness (QED) is 0.510. The van der Waals surface area contributed by atoms with Gasteiger partial charge in [-0.1, -0.05) is 18.2 Å². The number of benzene rings is 2. The van der Waals surface area contributed by atoms with Crippen molar-refractivity contribution in [3.8, 4) is 5.75 Å². The van der Waals surface area contributed by atoms with Crippen LogP contribution in [0.25, 0.3) is 0 Å². The number of nitrogens with one attached hydrogen (secondary N) is 1. The van der Waals surface area contributed by atoms with Crippen molar-refractivity contribution >= 4 is 27.8 Å². The Morgan fingerprint density at radius 1 is 1.00 bits per heavy atom. The highest BCUT2D eigenvalue weighted by molar-refractivity contribution is 7.88. The predicted octanol–water partition coefficient (Wildman–Crippen LogP) is 3.47. The average molecular weight is 345 g/mol. The number of alkyl halides is 3. The number of hydrogen-bond acceptors (Lipinski definition) is 5. The summed E-state index contributed by atoms with van der Waals surface area (Å²) in [5, 5.41) is 2.91. The first-order valence-corrected chi connectivity index (χ1v) is 7.56. The van der Waals surface area contributed by atoms with Crippen LogP contribution in [-0.4, -0.2) is 20.2 Å². The summed E-state index contributed by atoms with van der Waals surface area (Å²) in [7, 11) is -5.83. The zero-order valence-corrected chi connectivity index (χ0v) is 12.2. The second-order valence-corrected chi connectivity index (χ2v) is 5.88. The van der Waals surface area contributed by atoms with Crippen molar-refractivity contribution in [1.82, 2.24) is 0 Å². The molecule has 2 rings (SSSR count). The van der Waals surface area contributed by atoms with Gasteiger partial charge in [-0.05, 0) is 30.3 Å². The molecular formula is C14H10F3NO4S. The van der Waals surface area contributed by atoms with Gasteiger partial charge in [-0.15, -0.1) is 0 Å². The van der Waals surface area contributed by atoms with E-state index in [9.17, 15) is 26.4 Å². The molecule has 122 valence electrons. The summed E-state index contributed by atoms with van der Waals surface area (Å²) in [6, 6.07) is 12.2. The molecule has 5 nitrogen and oxygen atoms in total. The molecule has 0 spiro atoms. The van der Waals surface area contributed by atoms with Crippen LogP contribution in [0.1, 0.15) is 10.4 Å². The third-order valence-corrected chi connectivity index (χ3v) is 3.65. The first kappa shape index (κ1) is 16.8. The van der Waals surface area contributed by atoms with Crippen LogP contribution in [-0.2, 0) is 10.1 Å². The molecule has 0 amide bonds. The van der Waals surface area contributed by atoms with Gasteiger partial charge in [0.15, 0.2) is 12.0 Å². The van der Waals surface area contributed by atoms with Gasteiger partial charge in [-0.2, -0.15) is 21.6 Å². The van der Waals surface area contributed by atoms with Crippen LogP contribution in [0.4, 0.5) is 24.5 Å². The lowest BCUT2D eigenvalue weighted by Gasteiger charge is -2.12. The minimum atomic E-state index is -5.83. The molecule has 2 aromatic rings. The van der Waals surface area contributed by atoms with Crippen molar-refractivity contribution in [3.05, 3.63) is 54.1 Å². The maximum absolute atomic E-state index is 12.3. The van der Waals surface area contributed by atoms with E-state index >= 15 is 0 Å². The molecule has 9 heteroatoms. The van der Waals surface area contributed by atoms with Crippen LogP contribution in [0.2, 0.25) is 0 Å². The van der Waals surface area contributed by atoms with Crippen LogP contribution in [0, 0.1) is 0 Å². The Balaban J connectivity index is 2.29. The number of aldehydes is 1. The average Bonchev–Trinajstić information content (AvgIpc) is 2.48. The first-order chi connectivity index (χ1) is 10.7. The van der Waals surface area contributed by atoms with Gasteiger partial charge >= 0.3 is 15.6 Å². The molecule has 0 saturated heterocycles. The smallest absolute Gasteiger partial charge is 0.375 e. The van der Waals surface area contributed by atoms with Crippen molar-refractivity contribution < 1.29 is 30.6 Å². The van der Waals surface area contributed by atoms with Gasteiger partial charge in [0.05, 0.1) is 5.56 Å². The molecule has 0 aliphatic rings. The van der Waals surface area contributed by atoms with E-state index in [0.717, 1.165) is 6.07 Å². The fraction of sp³-hybridized carbons (Fsp3) is 0.0714. The summed E-state index contributed by atoms with van der Waals surface area (Å²) in [6.07, 6.45) is 0.206. The number of halogens is 3. The van der Waals surface area contributed by atoms with E-state index in [-0.39, 0.29) is 11.8 Å². The van der Waals surface area contributed by atoms with E-state index in [1.807, 2.05) is 0 Å². The van der Waals surface area contributed by atoms with Crippen LogP contribution in [0.3, 0.4) is 0 Å². The number of rotatable bonds is 5. The first-order valence-electron chi connectivity index (χ1n) is 6.15. The molecule has 2 aromatic carbocycles. The maximum Gasteiger partial charge on any atom is 0.534 e. The Morgan fingerprint density at radius 2 is 1.65 bits per heavy atom. The molecule has 1 N–H and O–H groups in total.